The monoisotopic (exact) mass is 378 g/mol. The number of morpholine rings is 1. The number of nitrogens with zero attached hydrogens (tertiary/aromatic N) is 1. The first-order valence-electron chi connectivity index (χ1n) is 7.69. The highest BCUT2D eigenvalue weighted by molar-refractivity contribution is 9.10. The number of ether oxygens (including phenoxy) is 1. The van der Waals surface area contributed by atoms with Gasteiger partial charge in [0.1, 0.15) is 5.76 Å². The average molecular weight is 379 g/mol. The summed E-state index contributed by atoms with van der Waals surface area (Å²) < 4.78 is 11.8. The van der Waals surface area contributed by atoms with Crippen molar-refractivity contribution in [2.75, 3.05) is 36.5 Å². The van der Waals surface area contributed by atoms with Gasteiger partial charge in [0.15, 0.2) is 5.76 Å². The van der Waals surface area contributed by atoms with E-state index in [2.05, 4.69) is 26.1 Å². The van der Waals surface area contributed by atoms with Gasteiger partial charge in [0, 0.05) is 24.0 Å². The van der Waals surface area contributed by atoms with Gasteiger partial charge in [0.25, 0.3) is 5.91 Å². The number of hydrogen-bond acceptors (Lipinski definition) is 4. The zero-order valence-corrected chi connectivity index (χ0v) is 14.6. The molecule has 0 bridgehead atoms. The maximum absolute atomic E-state index is 12.4. The lowest BCUT2D eigenvalue weighted by atomic mass is 10.2. The van der Waals surface area contributed by atoms with E-state index < -0.39 is 0 Å². The van der Waals surface area contributed by atoms with Gasteiger partial charge in [-0.1, -0.05) is 22.9 Å². The molecule has 0 radical (unpaired) electrons. The van der Waals surface area contributed by atoms with Gasteiger partial charge in [-0.05, 0) is 30.3 Å². The third-order valence-electron chi connectivity index (χ3n) is 3.79. The molecule has 0 unspecified atom stereocenters. The van der Waals surface area contributed by atoms with Crippen molar-refractivity contribution in [3.8, 4) is 0 Å². The Bertz CT molecular complexity index is 693. The number of furan rings is 1. The van der Waals surface area contributed by atoms with Crippen LogP contribution in [0.25, 0.3) is 0 Å². The fraction of sp³-hybridized carbons (Fsp3) is 0.353. The molecule has 6 heteroatoms. The van der Waals surface area contributed by atoms with Gasteiger partial charge in [0.2, 0.25) is 0 Å². The minimum absolute atomic E-state index is 0.239. The number of rotatable bonds is 4. The molecule has 1 aliphatic heterocycles. The zero-order chi connectivity index (χ0) is 16.2. The lowest BCUT2D eigenvalue weighted by molar-refractivity contribution is 0.0995. The minimum atomic E-state index is -0.239. The lowest BCUT2D eigenvalue weighted by Gasteiger charge is -2.30. The maximum Gasteiger partial charge on any atom is 0.291 e. The van der Waals surface area contributed by atoms with Crippen LogP contribution in [0.2, 0.25) is 0 Å². The Morgan fingerprint density at radius 3 is 2.74 bits per heavy atom. The normalized spacial score (nSPS) is 14.8. The first kappa shape index (κ1) is 16.1. The molecular weight excluding hydrogens is 360 g/mol. The van der Waals surface area contributed by atoms with E-state index in [1.54, 1.807) is 6.07 Å². The van der Waals surface area contributed by atoms with E-state index >= 15 is 0 Å². The molecule has 0 saturated carbocycles. The van der Waals surface area contributed by atoms with E-state index in [0.717, 1.165) is 41.1 Å². The third kappa shape index (κ3) is 3.76. The van der Waals surface area contributed by atoms with Crippen molar-refractivity contribution in [1.82, 2.24) is 0 Å². The first-order chi connectivity index (χ1) is 11.2. The van der Waals surface area contributed by atoms with Crippen molar-refractivity contribution >= 4 is 33.2 Å². The van der Waals surface area contributed by atoms with Crippen molar-refractivity contribution in [3.05, 3.63) is 46.3 Å². The Morgan fingerprint density at radius 2 is 2.04 bits per heavy atom. The summed E-state index contributed by atoms with van der Waals surface area (Å²) in [6.07, 6.45) is 0.767. The molecule has 122 valence electrons. The molecule has 5 nitrogen and oxygen atoms in total. The Labute approximate surface area is 143 Å². The Balaban J connectivity index is 1.83. The molecule has 1 aliphatic rings. The SMILES string of the molecule is CCc1ccc(C(=O)Nc2cc(Br)ccc2N2CCOCC2)o1. The van der Waals surface area contributed by atoms with Crippen LogP contribution >= 0.6 is 15.9 Å². The van der Waals surface area contributed by atoms with Crippen molar-refractivity contribution < 1.29 is 13.9 Å². The van der Waals surface area contributed by atoms with Crippen LogP contribution < -0.4 is 10.2 Å². The number of halogens is 1. The summed E-state index contributed by atoms with van der Waals surface area (Å²) in [4.78, 5) is 14.6. The lowest BCUT2D eigenvalue weighted by Crippen LogP contribution is -2.36. The molecule has 0 atom stereocenters. The molecule has 0 spiro atoms. The van der Waals surface area contributed by atoms with Crippen LogP contribution in [-0.4, -0.2) is 32.2 Å². The average Bonchev–Trinajstić information content (AvgIpc) is 3.05. The molecule has 1 saturated heterocycles. The summed E-state index contributed by atoms with van der Waals surface area (Å²) >= 11 is 3.46. The van der Waals surface area contributed by atoms with Crippen molar-refractivity contribution in [1.29, 1.82) is 0 Å². The molecular formula is C17H19BrN2O3. The van der Waals surface area contributed by atoms with Gasteiger partial charge in [-0.2, -0.15) is 0 Å². The first-order valence-corrected chi connectivity index (χ1v) is 8.49. The second-order valence-corrected chi connectivity index (χ2v) is 6.25. The van der Waals surface area contributed by atoms with E-state index in [9.17, 15) is 4.79 Å². The summed E-state index contributed by atoms with van der Waals surface area (Å²) in [7, 11) is 0. The second kappa shape index (κ2) is 7.19. The van der Waals surface area contributed by atoms with Crippen LogP contribution in [0.3, 0.4) is 0 Å². The number of benzene rings is 1. The number of anilines is 2. The number of aryl methyl sites for hydroxylation is 1. The number of nitrogens with one attached hydrogen (secondary N) is 1. The van der Waals surface area contributed by atoms with Gasteiger partial charge < -0.3 is 19.4 Å². The summed E-state index contributed by atoms with van der Waals surface area (Å²) in [6, 6.07) is 9.43. The third-order valence-corrected chi connectivity index (χ3v) is 4.29. The molecule has 3 rings (SSSR count). The Kier molecular flexibility index (Phi) is 5.03. The topological polar surface area (TPSA) is 54.7 Å². The standard InChI is InChI=1S/C17H19BrN2O3/c1-2-13-4-6-16(23-13)17(21)19-14-11-12(18)3-5-15(14)20-7-9-22-10-8-20/h3-6,11H,2,7-10H2,1H3,(H,19,21). The highest BCUT2D eigenvalue weighted by Crippen LogP contribution is 2.30. The Hall–Kier alpha value is -1.79. The predicted molar refractivity (Wildman–Crippen MR) is 93.2 cm³/mol. The maximum atomic E-state index is 12.4. The zero-order valence-electron chi connectivity index (χ0n) is 13.0. The van der Waals surface area contributed by atoms with Gasteiger partial charge in [-0.25, -0.2) is 0 Å². The van der Waals surface area contributed by atoms with Crippen LogP contribution in [0, 0.1) is 0 Å². The van der Waals surface area contributed by atoms with Gasteiger partial charge in [-0.15, -0.1) is 0 Å². The van der Waals surface area contributed by atoms with Crippen LogP contribution in [0.4, 0.5) is 11.4 Å². The largest absolute Gasteiger partial charge is 0.456 e. The summed E-state index contributed by atoms with van der Waals surface area (Å²) in [6.45, 7) is 5.00. The van der Waals surface area contributed by atoms with E-state index in [4.69, 9.17) is 9.15 Å². The van der Waals surface area contributed by atoms with Crippen LogP contribution in [0.15, 0.2) is 39.2 Å². The van der Waals surface area contributed by atoms with Crippen LogP contribution in [0.1, 0.15) is 23.2 Å². The summed E-state index contributed by atoms with van der Waals surface area (Å²) in [5.74, 6) is 0.893. The van der Waals surface area contributed by atoms with Crippen molar-refractivity contribution in [3.63, 3.8) is 0 Å². The van der Waals surface area contributed by atoms with E-state index in [0.29, 0.717) is 19.0 Å². The molecule has 1 aromatic heterocycles. The Morgan fingerprint density at radius 1 is 1.26 bits per heavy atom. The smallest absolute Gasteiger partial charge is 0.291 e. The van der Waals surface area contributed by atoms with Crippen LogP contribution in [-0.2, 0) is 11.2 Å². The molecule has 2 aromatic rings. The molecule has 23 heavy (non-hydrogen) atoms. The van der Waals surface area contributed by atoms with Crippen LogP contribution in [0.5, 0.6) is 0 Å². The molecule has 1 fully saturated rings. The molecule has 1 aromatic carbocycles. The van der Waals surface area contributed by atoms with Crippen molar-refractivity contribution in [2.45, 2.75) is 13.3 Å². The molecule has 2 heterocycles. The van der Waals surface area contributed by atoms with Crippen molar-refractivity contribution in [2.24, 2.45) is 0 Å². The summed E-state index contributed by atoms with van der Waals surface area (Å²) in [5, 5.41) is 2.96. The molecule has 1 N–H and O–H groups in total. The summed E-state index contributed by atoms with van der Waals surface area (Å²) in [5.41, 5.74) is 1.76. The second-order valence-electron chi connectivity index (χ2n) is 5.33. The minimum Gasteiger partial charge on any atom is -0.456 e. The van der Waals surface area contributed by atoms with Gasteiger partial charge in [-0.3, -0.25) is 4.79 Å². The molecule has 1 amide bonds. The number of carbonyl (C=O) groups excluding carboxylic acids is 1. The van der Waals surface area contributed by atoms with E-state index in [1.807, 2.05) is 31.2 Å². The fourth-order valence-corrected chi connectivity index (χ4v) is 2.92. The number of carbonyl (C=O) groups is 1. The highest BCUT2D eigenvalue weighted by Gasteiger charge is 2.18. The quantitative estimate of drug-likeness (QED) is 0.881. The number of hydrogen-bond donors (Lipinski definition) is 1. The van der Waals surface area contributed by atoms with E-state index in [1.165, 1.54) is 0 Å². The molecule has 0 aliphatic carbocycles. The number of amides is 1. The predicted octanol–water partition coefficient (Wildman–Crippen LogP) is 3.69. The fourth-order valence-electron chi connectivity index (χ4n) is 2.56. The van der Waals surface area contributed by atoms with E-state index in [-0.39, 0.29) is 5.91 Å². The van der Waals surface area contributed by atoms with Gasteiger partial charge in [0.05, 0.1) is 24.6 Å². The van der Waals surface area contributed by atoms with Gasteiger partial charge >= 0.3 is 0 Å². The highest BCUT2D eigenvalue weighted by atomic mass is 79.9.